The molecule has 30 heavy (non-hydrogen) atoms. The van der Waals surface area contributed by atoms with Gasteiger partial charge in [0.05, 0.1) is 17.8 Å². The van der Waals surface area contributed by atoms with E-state index in [1.54, 1.807) is 11.1 Å². The third-order valence-electron chi connectivity index (χ3n) is 5.87. The lowest BCUT2D eigenvalue weighted by molar-refractivity contribution is -0.128. The van der Waals surface area contributed by atoms with E-state index in [9.17, 15) is 14.9 Å². The third kappa shape index (κ3) is 3.97. The zero-order valence-electron chi connectivity index (χ0n) is 17.5. The van der Waals surface area contributed by atoms with E-state index in [0.717, 1.165) is 35.7 Å². The number of nitrogens with zero attached hydrogens (tertiary/aromatic N) is 3. The Labute approximate surface area is 175 Å². The number of H-pyrrole nitrogens is 1. The van der Waals surface area contributed by atoms with E-state index in [1.165, 1.54) is 0 Å². The Morgan fingerprint density at radius 3 is 2.93 bits per heavy atom. The number of carbonyl (C=O) groups is 2. The number of hydrogen-bond acceptors (Lipinski definition) is 5. The van der Waals surface area contributed by atoms with Crippen LogP contribution < -0.4 is 5.32 Å². The highest BCUT2D eigenvalue weighted by atomic mass is 16.6. The number of piperidine rings is 1. The zero-order chi connectivity index (χ0) is 21.5. The molecule has 2 heterocycles. The molecule has 158 valence electrons. The summed E-state index contributed by atoms with van der Waals surface area (Å²) in [5.41, 5.74) is 1.24. The quantitative estimate of drug-likeness (QED) is 0.807. The maximum atomic E-state index is 13.1. The summed E-state index contributed by atoms with van der Waals surface area (Å²) in [5.74, 6) is -0.159. The Morgan fingerprint density at radius 2 is 2.20 bits per heavy atom. The second-order valence-corrected chi connectivity index (χ2v) is 9.25. The number of rotatable bonds is 4. The molecule has 1 aliphatic heterocycles. The second kappa shape index (κ2) is 7.63. The SMILES string of the molecule is CC(C)(C)OC(=O)N1C2CCC(C2)C1C(=O)NC(C#N)Cc1ccc2[nH]ncc2c1. The van der Waals surface area contributed by atoms with E-state index in [2.05, 4.69) is 21.6 Å². The van der Waals surface area contributed by atoms with Crippen LogP contribution in [0.3, 0.4) is 0 Å². The van der Waals surface area contributed by atoms with Gasteiger partial charge in [-0.3, -0.25) is 14.8 Å². The van der Waals surface area contributed by atoms with Crippen LogP contribution in [-0.4, -0.2) is 50.8 Å². The summed E-state index contributed by atoms with van der Waals surface area (Å²) in [7, 11) is 0. The lowest BCUT2D eigenvalue weighted by Gasteiger charge is -2.35. The molecule has 1 aliphatic carbocycles. The van der Waals surface area contributed by atoms with Crippen molar-refractivity contribution in [3.63, 3.8) is 0 Å². The average molecular weight is 409 g/mol. The van der Waals surface area contributed by atoms with Crippen LogP contribution in [0.5, 0.6) is 0 Å². The molecule has 1 aromatic heterocycles. The first kappa shape index (κ1) is 20.2. The minimum Gasteiger partial charge on any atom is -0.444 e. The van der Waals surface area contributed by atoms with Crippen molar-refractivity contribution in [1.82, 2.24) is 20.4 Å². The molecule has 4 rings (SSSR count). The van der Waals surface area contributed by atoms with Crippen molar-refractivity contribution in [3.8, 4) is 6.07 Å². The second-order valence-electron chi connectivity index (χ2n) is 9.25. The highest BCUT2D eigenvalue weighted by molar-refractivity contribution is 5.87. The Kier molecular flexibility index (Phi) is 5.14. The van der Waals surface area contributed by atoms with E-state index >= 15 is 0 Å². The van der Waals surface area contributed by atoms with Crippen molar-refractivity contribution in [2.45, 2.75) is 70.2 Å². The molecule has 1 aromatic carbocycles. The van der Waals surface area contributed by atoms with Crippen molar-refractivity contribution in [2.24, 2.45) is 5.92 Å². The zero-order valence-corrected chi connectivity index (χ0v) is 17.5. The summed E-state index contributed by atoms with van der Waals surface area (Å²) in [4.78, 5) is 27.5. The number of ether oxygens (including phenoxy) is 1. The molecule has 2 fully saturated rings. The first-order valence-electron chi connectivity index (χ1n) is 10.4. The van der Waals surface area contributed by atoms with Crippen LogP contribution in [0.15, 0.2) is 24.4 Å². The summed E-state index contributed by atoms with van der Waals surface area (Å²) < 4.78 is 5.55. The van der Waals surface area contributed by atoms with Gasteiger partial charge in [-0.15, -0.1) is 0 Å². The average Bonchev–Trinajstić information content (AvgIpc) is 3.40. The molecule has 2 aromatic rings. The summed E-state index contributed by atoms with van der Waals surface area (Å²) in [6.45, 7) is 5.45. The lowest BCUT2D eigenvalue weighted by Crippen LogP contribution is -2.55. The fourth-order valence-corrected chi connectivity index (χ4v) is 4.64. The fraction of sp³-hybridized carbons (Fsp3) is 0.545. The van der Waals surface area contributed by atoms with Crippen molar-refractivity contribution in [2.75, 3.05) is 0 Å². The number of hydrogen-bond donors (Lipinski definition) is 2. The highest BCUT2D eigenvalue weighted by Crippen LogP contribution is 2.43. The molecule has 2 bridgehead atoms. The van der Waals surface area contributed by atoms with Crippen LogP contribution in [0.4, 0.5) is 4.79 Å². The predicted molar refractivity (Wildman–Crippen MR) is 110 cm³/mol. The van der Waals surface area contributed by atoms with Gasteiger partial charge in [-0.1, -0.05) is 6.07 Å². The van der Waals surface area contributed by atoms with Crippen LogP contribution in [0.2, 0.25) is 0 Å². The smallest absolute Gasteiger partial charge is 0.411 e. The van der Waals surface area contributed by atoms with Crippen molar-refractivity contribution >= 4 is 22.9 Å². The Balaban J connectivity index is 1.46. The van der Waals surface area contributed by atoms with Crippen LogP contribution in [0, 0.1) is 17.2 Å². The van der Waals surface area contributed by atoms with Gasteiger partial charge in [0.15, 0.2) is 0 Å². The van der Waals surface area contributed by atoms with Gasteiger partial charge < -0.3 is 10.1 Å². The fourth-order valence-electron chi connectivity index (χ4n) is 4.64. The summed E-state index contributed by atoms with van der Waals surface area (Å²) in [6, 6.07) is 6.75. The molecule has 8 heteroatoms. The summed E-state index contributed by atoms with van der Waals surface area (Å²) >= 11 is 0. The molecule has 2 amide bonds. The van der Waals surface area contributed by atoms with Crippen LogP contribution in [0.1, 0.15) is 45.6 Å². The van der Waals surface area contributed by atoms with Gasteiger partial charge in [0.1, 0.15) is 17.7 Å². The third-order valence-corrected chi connectivity index (χ3v) is 5.87. The highest BCUT2D eigenvalue weighted by Gasteiger charge is 2.52. The molecule has 2 N–H and O–H groups in total. The molecular formula is C22H27N5O3. The first-order chi connectivity index (χ1) is 14.2. The number of aromatic amines is 1. The Bertz CT molecular complexity index is 1000. The van der Waals surface area contributed by atoms with E-state index in [0.29, 0.717) is 6.42 Å². The minimum atomic E-state index is -0.679. The number of amides is 2. The number of fused-ring (bicyclic) bond motifs is 3. The lowest BCUT2D eigenvalue weighted by atomic mass is 9.97. The van der Waals surface area contributed by atoms with Gasteiger partial charge in [0, 0.05) is 17.8 Å². The van der Waals surface area contributed by atoms with Gasteiger partial charge in [-0.25, -0.2) is 4.79 Å². The van der Waals surface area contributed by atoms with Gasteiger partial charge in [-0.2, -0.15) is 10.4 Å². The number of nitriles is 1. The van der Waals surface area contributed by atoms with Gasteiger partial charge in [0.2, 0.25) is 5.91 Å². The van der Waals surface area contributed by atoms with Crippen LogP contribution >= 0.6 is 0 Å². The van der Waals surface area contributed by atoms with E-state index in [-0.39, 0.29) is 17.9 Å². The maximum absolute atomic E-state index is 13.1. The Morgan fingerprint density at radius 1 is 1.40 bits per heavy atom. The first-order valence-corrected chi connectivity index (χ1v) is 10.4. The van der Waals surface area contributed by atoms with Gasteiger partial charge in [-0.05, 0) is 63.6 Å². The predicted octanol–water partition coefficient (Wildman–Crippen LogP) is 2.90. The molecule has 4 atom stereocenters. The summed E-state index contributed by atoms with van der Waals surface area (Å²) in [6.07, 6.45) is 4.28. The molecule has 4 unspecified atom stereocenters. The van der Waals surface area contributed by atoms with Gasteiger partial charge >= 0.3 is 6.09 Å². The maximum Gasteiger partial charge on any atom is 0.411 e. The number of nitrogens with one attached hydrogen (secondary N) is 2. The molecular weight excluding hydrogens is 382 g/mol. The van der Waals surface area contributed by atoms with E-state index in [1.807, 2.05) is 39.0 Å². The topological polar surface area (TPSA) is 111 Å². The van der Waals surface area contributed by atoms with Crippen molar-refractivity contribution < 1.29 is 14.3 Å². The number of aromatic nitrogens is 2. The largest absolute Gasteiger partial charge is 0.444 e. The van der Waals surface area contributed by atoms with E-state index < -0.39 is 23.8 Å². The number of benzene rings is 1. The number of carbonyl (C=O) groups excluding carboxylic acids is 2. The normalized spacial score (nSPS) is 23.9. The molecule has 1 saturated heterocycles. The summed E-state index contributed by atoms with van der Waals surface area (Å²) in [5, 5.41) is 20.3. The number of likely N-dealkylation sites (tertiary alicyclic amines) is 1. The molecule has 2 aliphatic rings. The van der Waals surface area contributed by atoms with Crippen LogP contribution in [0.25, 0.3) is 10.9 Å². The molecule has 0 spiro atoms. The monoisotopic (exact) mass is 409 g/mol. The molecule has 1 saturated carbocycles. The Hall–Kier alpha value is -3.08. The van der Waals surface area contributed by atoms with Gasteiger partial charge in [0.25, 0.3) is 0 Å². The van der Waals surface area contributed by atoms with Crippen molar-refractivity contribution in [3.05, 3.63) is 30.0 Å². The van der Waals surface area contributed by atoms with Crippen molar-refractivity contribution in [1.29, 1.82) is 5.26 Å². The molecule has 0 radical (unpaired) electrons. The molecule has 8 nitrogen and oxygen atoms in total. The van der Waals surface area contributed by atoms with E-state index in [4.69, 9.17) is 4.74 Å². The van der Waals surface area contributed by atoms with Crippen LogP contribution in [-0.2, 0) is 16.0 Å². The standard InChI is InChI=1S/C22H27N5O3/c1-22(2,3)30-21(29)27-17-6-5-14(10-17)19(27)20(28)25-16(11-23)9-13-4-7-18-15(8-13)12-24-26-18/h4,7-8,12,14,16-17,19H,5-6,9-10H2,1-3H3,(H,24,26)(H,25,28). The minimum absolute atomic E-state index is 0.0321.